The second-order valence-corrected chi connectivity index (χ2v) is 4.52. The summed E-state index contributed by atoms with van der Waals surface area (Å²) >= 11 is 0. The van der Waals surface area contributed by atoms with Crippen molar-refractivity contribution in [1.29, 1.82) is 0 Å². The summed E-state index contributed by atoms with van der Waals surface area (Å²) in [6, 6.07) is 0. The molecule has 1 saturated carbocycles. The van der Waals surface area contributed by atoms with E-state index < -0.39 is 0 Å². The highest BCUT2D eigenvalue weighted by Crippen LogP contribution is 2.50. The smallest absolute Gasteiger partial charge is 0.159 e. The van der Waals surface area contributed by atoms with Crippen molar-refractivity contribution in [2.75, 3.05) is 0 Å². The highest BCUT2D eigenvalue weighted by molar-refractivity contribution is 5.93. The molecule has 1 heteroatoms. The van der Waals surface area contributed by atoms with E-state index in [1.165, 1.54) is 12.8 Å². The minimum Gasteiger partial charge on any atom is -0.295 e. The van der Waals surface area contributed by atoms with Crippen LogP contribution in [-0.4, -0.2) is 5.78 Å². The van der Waals surface area contributed by atoms with Crippen molar-refractivity contribution in [3.63, 3.8) is 0 Å². The molecular weight excluding hydrogens is 160 g/mol. The van der Waals surface area contributed by atoms with Crippen molar-refractivity contribution in [3.8, 4) is 0 Å². The first-order valence-electron chi connectivity index (χ1n) is 5.25. The van der Waals surface area contributed by atoms with Crippen molar-refractivity contribution in [1.82, 2.24) is 0 Å². The Morgan fingerprint density at radius 3 is 3.00 bits per heavy atom. The molecule has 0 aliphatic heterocycles. The Morgan fingerprint density at radius 1 is 1.23 bits per heavy atom. The van der Waals surface area contributed by atoms with E-state index in [2.05, 4.69) is 18.2 Å². The van der Waals surface area contributed by atoms with Crippen LogP contribution in [-0.2, 0) is 4.79 Å². The SMILES string of the molecule is O=C1C=CCC[C@@H]2[C@H]1[C@@H]1C=C[C@H]2C1. The predicted octanol–water partition coefficient (Wildman–Crippen LogP) is 2.34. The van der Waals surface area contributed by atoms with Crippen molar-refractivity contribution in [2.45, 2.75) is 19.3 Å². The lowest BCUT2D eigenvalue weighted by Gasteiger charge is -2.24. The zero-order valence-corrected chi connectivity index (χ0v) is 7.65. The molecule has 0 aromatic heterocycles. The molecule has 0 unspecified atom stereocenters. The summed E-state index contributed by atoms with van der Waals surface area (Å²) in [5, 5.41) is 0. The molecule has 0 aromatic carbocycles. The molecule has 1 fully saturated rings. The summed E-state index contributed by atoms with van der Waals surface area (Å²) in [5.74, 6) is 2.69. The fourth-order valence-electron chi connectivity index (χ4n) is 3.34. The van der Waals surface area contributed by atoms with Gasteiger partial charge in [0.2, 0.25) is 0 Å². The van der Waals surface area contributed by atoms with E-state index in [0.29, 0.717) is 23.5 Å². The Hall–Kier alpha value is -0.850. The van der Waals surface area contributed by atoms with Crippen LogP contribution in [0.4, 0.5) is 0 Å². The van der Waals surface area contributed by atoms with Gasteiger partial charge >= 0.3 is 0 Å². The first-order chi connectivity index (χ1) is 6.36. The van der Waals surface area contributed by atoms with E-state index in [1.54, 1.807) is 0 Å². The third-order valence-electron chi connectivity index (χ3n) is 3.90. The largest absolute Gasteiger partial charge is 0.295 e. The summed E-state index contributed by atoms with van der Waals surface area (Å²) in [4.78, 5) is 11.8. The minimum atomic E-state index is 0.341. The molecule has 2 bridgehead atoms. The number of rotatable bonds is 0. The van der Waals surface area contributed by atoms with E-state index in [-0.39, 0.29) is 0 Å². The molecule has 0 spiro atoms. The summed E-state index contributed by atoms with van der Waals surface area (Å²) in [7, 11) is 0. The fourth-order valence-corrected chi connectivity index (χ4v) is 3.34. The van der Waals surface area contributed by atoms with Gasteiger partial charge in [-0.2, -0.15) is 0 Å². The van der Waals surface area contributed by atoms with Gasteiger partial charge in [-0.05, 0) is 43.1 Å². The third-order valence-corrected chi connectivity index (χ3v) is 3.90. The van der Waals surface area contributed by atoms with Crippen LogP contribution < -0.4 is 0 Å². The van der Waals surface area contributed by atoms with Crippen LogP contribution >= 0.6 is 0 Å². The second kappa shape index (κ2) is 2.57. The molecular formula is C12H14O. The number of fused-ring (bicyclic) bond motifs is 5. The van der Waals surface area contributed by atoms with Gasteiger partial charge in [0.25, 0.3) is 0 Å². The van der Waals surface area contributed by atoms with Crippen molar-refractivity contribution in [2.24, 2.45) is 23.7 Å². The molecule has 0 N–H and O–H groups in total. The number of carbonyl (C=O) groups is 1. The fraction of sp³-hybridized carbons (Fsp3) is 0.583. The molecule has 0 aromatic rings. The highest BCUT2D eigenvalue weighted by Gasteiger charge is 2.46. The monoisotopic (exact) mass is 174 g/mol. The third kappa shape index (κ3) is 0.962. The van der Waals surface area contributed by atoms with E-state index in [9.17, 15) is 4.79 Å². The molecule has 68 valence electrons. The molecule has 13 heavy (non-hydrogen) atoms. The van der Waals surface area contributed by atoms with Gasteiger partial charge in [0.1, 0.15) is 0 Å². The van der Waals surface area contributed by atoms with Crippen LogP contribution in [0.1, 0.15) is 19.3 Å². The van der Waals surface area contributed by atoms with Gasteiger partial charge in [-0.25, -0.2) is 0 Å². The van der Waals surface area contributed by atoms with Crippen molar-refractivity contribution in [3.05, 3.63) is 24.3 Å². The van der Waals surface area contributed by atoms with Crippen molar-refractivity contribution < 1.29 is 4.79 Å². The summed E-state index contributed by atoms with van der Waals surface area (Å²) in [6.45, 7) is 0. The average molecular weight is 174 g/mol. The van der Waals surface area contributed by atoms with Crippen LogP contribution in [0, 0.1) is 23.7 Å². The van der Waals surface area contributed by atoms with Crippen LogP contribution in [0.3, 0.4) is 0 Å². The number of hydrogen-bond acceptors (Lipinski definition) is 1. The van der Waals surface area contributed by atoms with Crippen molar-refractivity contribution >= 4 is 5.78 Å². The minimum absolute atomic E-state index is 0.341. The Labute approximate surface area is 78.5 Å². The molecule has 3 aliphatic rings. The molecule has 0 heterocycles. The van der Waals surface area contributed by atoms with Gasteiger partial charge < -0.3 is 0 Å². The van der Waals surface area contributed by atoms with Gasteiger partial charge in [-0.3, -0.25) is 4.79 Å². The average Bonchev–Trinajstić information content (AvgIpc) is 2.66. The van der Waals surface area contributed by atoms with Gasteiger partial charge in [-0.15, -0.1) is 0 Å². The van der Waals surface area contributed by atoms with E-state index in [0.717, 1.165) is 12.3 Å². The van der Waals surface area contributed by atoms with E-state index >= 15 is 0 Å². The Bertz CT molecular complexity index is 300. The van der Waals surface area contributed by atoms with Crippen LogP contribution in [0.15, 0.2) is 24.3 Å². The molecule has 3 aliphatic carbocycles. The molecule has 1 nitrogen and oxygen atoms in total. The molecule has 3 rings (SSSR count). The zero-order chi connectivity index (χ0) is 8.84. The van der Waals surface area contributed by atoms with Gasteiger partial charge in [0, 0.05) is 5.92 Å². The zero-order valence-electron chi connectivity index (χ0n) is 7.65. The number of hydrogen-bond donors (Lipinski definition) is 0. The first kappa shape index (κ1) is 7.54. The maximum atomic E-state index is 11.8. The number of carbonyl (C=O) groups excluding carboxylic acids is 1. The summed E-state index contributed by atoms with van der Waals surface area (Å²) in [6.07, 6.45) is 12.0. The lowest BCUT2D eigenvalue weighted by molar-refractivity contribution is -0.120. The molecule has 0 radical (unpaired) electrons. The maximum absolute atomic E-state index is 11.8. The molecule has 4 atom stereocenters. The van der Waals surface area contributed by atoms with Crippen LogP contribution in [0.5, 0.6) is 0 Å². The van der Waals surface area contributed by atoms with Gasteiger partial charge in [-0.1, -0.05) is 18.2 Å². The van der Waals surface area contributed by atoms with E-state index in [4.69, 9.17) is 0 Å². The Balaban J connectivity index is 1.98. The maximum Gasteiger partial charge on any atom is 0.159 e. The standard InChI is InChI=1S/C12H14O/c13-11-4-2-1-3-10-8-5-6-9(7-8)12(10)11/h2,4-6,8-10,12H,1,3,7H2/t8-,9+,10-,12+/m0/s1. The summed E-state index contributed by atoms with van der Waals surface area (Å²) in [5.41, 5.74) is 0. The van der Waals surface area contributed by atoms with Crippen LogP contribution in [0.2, 0.25) is 0 Å². The lowest BCUT2D eigenvalue weighted by atomic mass is 9.79. The summed E-state index contributed by atoms with van der Waals surface area (Å²) < 4.78 is 0. The number of ketones is 1. The second-order valence-electron chi connectivity index (χ2n) is 4.52. The van der Waals surface area contributed by atoms with Gasteiger partial charge in [0.05, 0.1) is 0 Å². The molecule has 0 amide bonds. The van der Waals surface area contributed by atoms with Gasteiger partial charge in [0.15, 0.2) is 5.78 Å². The topological polar surface area (TPSA) is 17.1 Å². The Kier molecular flexibility index (Phi) is 1.49. The highest BCUT2D eigenvalue weighted by atomic mass is 16.1. The Morgan fingerprint density at radius 2 is 2.08 bits per heavy atom. The van der Waals surface area contributed by atoms with Crippen LogP contribution in [0.25, 0.3) is 0 Å². The predicted molar refractivity (Wildman–Crippen MR) is 51.1 cm³/mol. The molecule has 0 saturated heterocycles. The normalized spacial score (nSPS) is 46.6. The quantitative estimate of drug-likeness (QED) is 0.515. The first-order valence-corrected chi connectivity index (χ1v) is 5.25. The lowest BCUT2D eigenvalue weighted by Crippen LogP contribution is -2.25. The number of allylic oxidation sites excluding steroid dienone is 4. The van der Waals surface area contributed by atoms with E-state index in [1.807, 2.05) is 6.08 Å².